The predicted molar refractivity (Wildman–Crippen MR) is 117 cm³/mol. The fourth-order valence-corrected chi connectivity index (χ4v) is 3.95. The molecular weight excluding hydrogens is 419 g/mol. The van der Waals surface area contributed by atoms with E-state index in [-0.39, 0.29) is 32.9 Å². The zero-order valence-electron chi connectivity index (χ0n) is 16.9. The number of rotatable bonds is 2. The molecule has 0 radical (unpaired) electrons. The van der Waals surface area contributed by atoms with Crippen LogP contribution in [0, 0.1) is 12.7 Å². The van der Waals surface area contributed by atoms with Crippen molar-refractivity contribution in [3.63, 3.8) is 0 Å². The van der Waals surface area contributed by atoms with Crippen molar-refractivity contribution >= 4 is 28.6 Å². The smallest absolute Gasteiger partial charge is 0.279 e. The highest BCUT2D eigenvalue weighted by molar-refractivity contribution is 6.30. The van der Waals surface area contributed by atoms with Gasteiger partial charge in [0.2, 0.25) is 5.95 Å². The van der Waals surface area contributed by atoms with E-state index in [2.05, 4.69) is 19.9 Å². The molecule has 1 aromatic carbocycles. The lowest BCUT2D eigenvalue weighted by Gasteiger charge is -2.28. The Morgan fingerprint density at radius 3 is 2.77 bits per heavy atom. The van der Waals surface area contributed by atoms with E-state index in [1.807, 2.05) is 17.0 Å². The minimum Gasteiger partial charge on any atom is -0.336 e. The summed E-state index contributed by atoms with van der Waals surface area (Å²) in [5.74, 6) is 0.309. The third kappa shape index (κ3) is 3.33. The fourth-order valence-electron chi connectivity index (χ4n) is 3.79. The van der Waals surface area contributed by atoms with Gasteiger partial charge in [0.1, 0.15) is 22.9 Å². The second-order valence-corrected chi connectivity index (χ2v) is 7.93. The van der Waals surface area contributed by atoms with Crippen molar-refractivity contribution in [2.75, 3.05) is 11.4 Å². The maximum Gasteiger partial charge on any atom is 0.279 e. The Kier molecular flexibility index (Phi) is 4.66. The first kappa shape index (κ1) is 19.6. The lowest BCUT2D eigenvalue weighted by atomic mass is 10.1. The Labute approximate surface area is 182 Å². The average molecular weight is 437 g/mol. The topological polar surface area (TPSA) is 76.8 Å². The highest BCUT2D eigenvalue weighted by Gasteiger charge is 2.24. The van der Waals surface area contributed by atoms with Crippen LogP contribution in [0.2, 0.25) is 5.02 Å². The van der Waals surface area contributed by atoms with E-state index in [9.17, 15) is 9.18 Å². The van der Waals surface area contributed by atoms with Gasteiger partial charge in [0.15, 0.2) is 5.52 Å². The Morgan fingerprint density at radius 2 is 1.97 bits per heavy atom. The van der Waals surface area contributed by atoms with Crippen molar-refractivity contribution < 1.29 is 4.39 Å². The Morgan fingerprint density at radius 1 is 1.13 bits per heavy atom. The van der Waals surface area contributed by atoms with Gasteiger partial charge in [0.25, 0.3) is 5.56 Å². The van der Waals surface area contributed by atoms with Crippen LogP contribution in [0.15, 0.2) is 41.3 Å². The lowest BCUT2D eigenvalue weighted by Crippen LogP contribution is -2.33. The Bertz CT molecular complexity index is 1400. The third-order valence-corrected chi connectivity index (χ3v) is 5.81. The number of benzene rings is 1. The van der Waals surface area contributed by atoms with Gasteiger partial charge in [-0.05, 0) is 36.8 Å². The fraction of sp³-hybridized carbons (Fsp3) is 0.227. The summed E-state index contributed by atoms with van der Waals surface area (Å²) in [6.07, 6.45) is 2.51. The molecule has 0 N–H and O–H groups in total. The zero-order valence-corrected chi connectivity index (χ0v) is 17.7. The quantitative estimate of drug-likeness (QED) is 0.479. The molecule has 156 valence electrons. The van der Waals surface area contributed by atoms with Gasteiger partial charge < -0.3 is 4.90 Å². The molecule has 4 heterocycles. The number of nitrogens with zero attached hydrogens (tertiary/aromatic N) is 6. The summed E-state index contributed by atoms with van der Waals surface area (Å²) in [4.78, 5) is 33.1. The van der Waals surface area contributed by atoms with E-state index in [0.29, 0.717) is 24.9 Å². The van der Waals surface area contributed by atoms with Crippen molar-refractivity contribution in [1.29, 1.82) is 0 Å². The minimum absolute atomic E-state index is 0.152. The summed E-state index contributed by atoms with van der Waals surface area (Å²) < 4.78 is 16.3. The molecule has 4 aromatic rings. The van der Waals surface area contributed by atoms with Crippen LogP contribution in [-0.4, -0.2) is 31.0 Å². The summed E-state index contributed by atoms with van der Waals surface area (Å²) in [5, 5.41) is 0.278. The highest BCUT2D eigenvalue weighted by atomic mass is 35.5. The molecule has 0 spiro atoms. The monoisotopic (exact) mass is 436 g/mol. The van der Waals surface area contributed by atoms with E-state index in [0.717, 1.165) is 17.7 Å². The van der Waals surface area contributed by atoms with Crippen LogP contribution in [0.4, 0.5) is 10.3 Å². The molecule has 0 saturated heterocycles. The normalized spacial score (nSPS) is 13.5. The molecule has 3 aromatic heterocycles. The van der Waals surface area contributed by atoms with E-state index < -0.39 is 5.82 Å². The first-order valence-corrected chi connectivity index (χ1v) is 10.2. The van der Waals surface area contributed by atoms with Crippen LogP contribution in [0.25, 0.3) is 22.3 Å². The number of pyridine rings is 1. The van der Waals surface area contributed by atoms with Gasteiger partial charge in [-0.3, -0.25) is 14.3 Å². The number of fused-ring (bicyclic) bond motifs is 2. The molecule has 0 bridgehead atoms. The summed E-state index contributed by atoms with van der Waals surface area (Å²) in [5.41, 5.74) is 2.72. The van der Waals surface area contributed by atoms with Crippen molar-refractivity contribution in [3.05, 3.63) is 74.8 Å². The number of hydrogen-bond acceptors (Lipinski definition) is 6. The van der Waals surface area contributed by atoms with E-state index >= 15 is 0 Å². The van der Waals surface area contributed by atoms with Gasteiger partial charge in [-0.15, -0.1) is 0 Å². The molecule has 5 rings (SSSR count). The van der Waals surface area contributed by atoms with Crippen LogP contribution in [0.5, 0.6) is 0 Å². The third-order valence-electron chi connectivity index (χ3n) is 5.57. The summed E-state index contributed by atoms with van der Waals surface area (Å²) in [6, 6.07) is 8.26. The van der Waals surface area contributed by atoms with Crippen molar-refractivity contribution in [2.45, 2.75) is 19.9 Å². The number of aromatic nitrogens is 5. The van der Waals surface area contributed by atoms with Gasteiger partial charge in [-0.25, -0.2) is 19.3 Å². The second-order valence-electron chi connectivity index (χ2n) is 7.50. The zero-order chi connectivity index (χ0) is 21.7. The van der Waals surface area contributed by atoms with Crippen LogP contribution < -0.4 is 10.5 Å². The lowest BCUT2D eigenvalue weighted by molar-refractivity contribution is 0.630. The van der Waals surface area contributed by atoms with E-state index in [1.165, 1.54) is 10.6 Å². The molecule has 0 atom stereocenters. The Hall–Kier alpha value is -3.39. The number of anilines is 1. The number of halogens is 2. The first-order chi connectivity index (χ1) is 14.9. The van der Waals surface area contributed by atoms with Gasteiger partial charge in [0.05, 0.1) is 0 Å². The van der Waals surface area contributed by atoms with Crippen LogP contribution in [0.3, 0.4) is 0 Å². The molecule has 1 aliphatic heterocycles. The molecule has 0 saturated carbocycles. The summed E-state index contributed by atoms with van der Waals surface area (Å²) >= 11 is 5.94. The highest BCUT2D eigenvalue weighted by Crippen LogP contribution is 2.31. The summed E-state index contributed by atoms with van der Waals surface area (Å²) in [6.45, 7) is 2.90. The summed E-state index contributed by atoms with van der Waals surface area (Å²) in [7, 11) is 1.64. The maximum atomic E-state index is 14.8. The maximum absolute atomic E-state index is 14.8. The van der Waals surface area contributed by atoms with Crippen LogP contribution >= 0.6 is 11.6 Å². The van der Waals surface area contributed by atoms with Crippen molar-refractivity contribution in [2.24, 2.45) is 7.05 Å². The molecule has 0 unspecified atom stereocenters. The SMILES string of the molecule is Cc1nc2c(-c3ccc(Cl)cc3F)nc(N3CCc4ncccc4C3)nc2c(=O)n1C. The largest absolute Gasteiger partial charge is 0.336 e. The Balaban J connectivity index is 1.75. The van der Waals surface area contributed by atoms with Gasteiger partial charge in [-0.1, -0.05) is 17.7 Å². The number of aryl methyl sites for hydroxylation is 1. The standard InChI is InChI=1S/C22H18ClFN6O/c1-12-26-19-18(15-6-5-14(23)10-16(15)24)27-22(28-20(19)21(31)29(12)2)30-9-7-17-13(11-30)4-3-8-25-17/h3-6,8,10H,7,9,11H2,1-2H3. The molecule has 0 fully saturated rings. The number of hydrogen-bond donors (Lipinski definition) is 0. The molecule has 0 aliphatic carbocycles. The van der Waals surface area contributed by atoms with Crippen molar-refractivity contribution in [3.8, 4) is 11.3 Å². The molecule has 0 amide bonds. The van der Waals surface area contributed by atoms with E-state index in [1.54, 1.807) is 32.3 Å². The van der Waals surface area contributed by atoms with Crippen LogP contribution in [0.1, 0.15) is 17.1 Å². The molecule has 1 aliphatic rings. The van der Waals surface area contributed by atoms with E-state index in [4.69, 9.17) is 11.6 Å². The van der Waals surface area contributed by atoms with Crippen LogP contribution in [-0.2, 0) is 20.0 Å². The minimum atomic E-state index is -0.535. The van der Waals surface area contributed by atoms with Crippen molar-refractivity contribution in [1.82, 2.24) is 24.5 Å². The van der Waals surface area contributed by atoms with Gasteiger partial charge >= 0.3 is 0 Å². The van der Waals surface area contributed by atoms with Gasteiger partial charge in [-0.2, -0.15) is 0 Å². The average Bonchev–Trinajstić information content (AvgIpc) is 2.77. The predicted octanol–water partition coefficient (Wildman–Crippen LogP) is 3.45. The first-order valence-electron chi connectivity index (χ1n) is 9.81. The molecule has 31 heavy (non-hydrogen) atoms. The molecular formula is C22H18ClFN6O. The molecule has 9 heteroatoms. The molecule has 7 nitrogen and oxygen atoms in total. The second kappa shape index (κ2) is 7.39. The van der Waals surface area contributed by atoms with Gasteiger partial charge in [0, 0.05) is 49.0 Å².